The monoisotopic (exact) mass is 210 g/mol. The summed E-state index contributed by atoms with van der Waals surface area (Å²) in [6.45, 7) is 3.77. The molecule has 0 fully saturated rings. The minimum absolute atomic E-state index is 0.332. The van der Waals surface area contributed by atoms with Gasteiger partial charge in [0.1, 0.15) is 5.76 Å². The minimum atomic E-state index is -0.391. The second kappa shape index (κ2) is 4.02. The van der Waals surface area contributed by atoms with E-state index < -0.39 is 5.97 Å². The van der Waals surface area contributed by atoms with Crippen LogP contribution < -0.4 is 0 Å². The first kappa shape index (κ1) is 10.2. The highest BCUT2D eigenvalue weighted by atomic mass is 16.5. The van der Waals surface area contributed by atoms with Gasteiger partial charge in [-0.2, -0.15) is 0 Å². The van der Waals surface area contributed by atoms with E-state index in [1.54, 1.807) is 6.92 Å². The van der Waals surface area contributed by atoms with Gasteiger partial charge in [-0.05, 0) is 14.0 Å². The molecule has 2 heterocycles. The van der Waals surface area contributed by atoms with Crippen molar-refractivity contribution in [2.75, 3.05) is 20.2 Å². The van der Waals surface area contributed by atoms with Gasteiger partial charge in [0.15, 0.2) is 5.69 Å². The van der Waals surface area contributed by atoms with E-state index in [0.29, 0.717) is 18.8 Å². The fraction of sp³-hybridized carbons (Fsp3) is 0.600. The fourth-order valence-corrected chi connectivity index (χ4v) is 1.70. The van der Waals surface area contributed by atoms with Crippen LogP contribution in [0.25, 0.3) is 0 Å². The molecule has 1 aliphatic rings. The Morgan fingerprint density at radius 3 is 3.20 bits per heavy atom. The Balaban J connectivity index is 2.26. The summed E-state index contributed by atoms with van der Waals surface area (Å²) in [6.07, 6.45) is 0.804. The maximum absolute atomic E-state index is 11.5. The Labute approximate surface area is 88.0 Å². The van der Waals surface area contributed by atoms with Crippen molar-refractivity contribution in [1.82, 2.24) is 10.1 Å². The number of carbonyl (C=O) groups is 1. The molecule has 2 rings (SSSR count). The first-order valence-corrected chi connectivity index (χ1v) is 5.05. The van der Waals surface area contributed by atoms with E-state index in [2.05, 4.69) is 10.1 Å². The highest BCUT2D eigenvalue weighted by Gasteiger charge is 2.26. The molecule has 0 saturated carbocycles. The summed E-state index contributed by atoms with van der Waals surface area (Å²) < 4.78 is 10.0. The number of nitrogens with zero attached hydrogens (tertiary/aromatic N) is 2. The fourth-order valence-electron chi connectivity index (χ4n) is 1.70. The third kappa shape index (κ3) is 1.87. The van der Waals surface area contributed by atoms with E-state index in [-0.39, 0.29) is 0 Å². The Bertz CT molecular complexity index is 373. The molecule has 0 atom stereocenters. The highest BCUT2D eigenvalue weighted by molar-refractivity contribution is 5.89. The zero-order valence-electron chi connectivity index (χ0n) is 8.95. The van der Waals surface area contributed by atoms with Crippen LogP contribution in [0.4, 0.5) is 0 Å². The lowest BCUT2D eigenvalue weighted by Crippen LogP contribution is -2.27. The number of ether oxygens (including phenoxy) is 1. The standard InChI is InChI=1S/C10H14N2O3/c1-3-14-10(13)9-7-6-12(2)5-4-8(7)15-11-9/h3-6H2,1-2H3. The summed E-state index contributed by atoms with van der Waals surface area (Å²) in [5.41, 5.74) is 1.21. The highest BCUT2D eigenvalue weighted by Crippen LogP contribution is 2.21. The molecule has 0 bridgehead atoms. The molecule has 0 spiro atoms. The number of fused-ring (bicyclic) bond motifs is 1. The van der Waals surface area contributed by atoms with Crippen LogP contribution in [0.5, 0.6) is 0 Å². The SMILES string of the molecule is CCOC(=O)c1noc2c1CN(C)CC2. The van der Waals surface area contributed by atoms with E-state index in [4.69, 9.17) is 9.26 Å². The van der Waals surface area contributed by atoms with Crippen molar-refractivity contribution in [3.05, 3.63) is 17.0 Å². The third-order valence-electron chi connectivity index (χ3n) is 2.49. The maximum atomic E-state index is 11.5. The molecule has 0 N–H and O–H groups in total. The molecule has 0 aliphatic carbocycles. The molecular formula is C10H14N2O3. The average Bonchev–Trinajstić information content (AvgIpc) is 2.60. The van der Waals surface area contributed by atoms with E-state index in [1.807, 2.05) is 7.05 Å². The Hall–Kier alpha value is -1.36. The zero-order chi connectivity index (χ0) is 10.8. The molecule has 5 nitrogen and oxygen atoms in total. The molecule has 0 aromatic carbocycles. The molecule has 1 aromatic heterocycles. The van der Waals surface area contributed by atoms with Gasteiger partial charge < -0.3 is 14.2 Å². The van der Waals surface area contributed by atoms with Gasteiger partial charge in [-0.15, -0.1) is 0 Å². The number of esters is 1. The quantitative estimate of drug-likeness (QED) is 0.677. The van der Waals surface area contributed by atoms with Crippen molar-refractivity contribution in [3.8, 4) is 0 Å². The van der Waals surface area contributed by atoms with Crippen LogP contribution >= 0.6 is 0 Å². The minimum Gasteiger partial charge on any atom is -0.461 e. The van der Waals surface area contributed by atoms with Crippen molar-refractivity contribution in [1.29, 1.82) is 0 Å². The summed E-state index contributed by atoms with van der Waals surface area (Å²) in [4.78, 5) is 13.6. The molecule has 1 aromatic rings. The van der Waals surface area contributed by atoms with Gasteiger partial charge in [-0.25, -0.2) is 4.79 Å². The van der Waals surface area contributed by atoms with Crippen LogP contribution in [0.2, 0.25) is 0 Å². The summed E-state index contributed by atoms with van der Waals surface area (Å²) in [7, 11) is 2.00. The van der Waals surface area contributed by atoms with Crippen LogP contribution in [0, 0.1) is 0 Å². The van der Waals surface area contributed by atoms with Gasteiger partial charge in [0, 0.05) is 25.1 Å². The Kier molecular flexibility index (Phi) is 2.73. The third-order valence-corrected chi connectivity index (χ3v) is 2.49. The van der Waals surface area contributed by atoms with Gasteiger partial charge in [-0.1, -0.05) is 5.16 Å². The molecular weight excluding hydrogens is 196 g/mol. The first-order valence-electron chi connectivity index (χ1n) is 5.05. The topological polar surface area (TPSA) is 55.6 Å². The number of rotatable bonds is 2. The van der Waals surface area contributed by atoms with Crippen molar-refractivity contribution in [2.45, 2.75) is 19.9 Å². The number of aromatic nitrogens is 1. The smallest absolute Gasteiger partial charge is 0.360 e. The first-order chi connectivity index (χ1) is 7.22. The summed E-state index contributed by atoms with van der Waals surface area (Å²) in [5, 5.41) is 3.77. The largest absolute Gasteiger partial charge is 0.461 e. The van der Waals surface area contributed by atoms with Crippen LogP contribution in [0.15, 0.2) is 4.52 Å². The van der Waals surface area contributed by atoms with Crippen molar-refractivity contribution in [2.24, 2.45) is 0 Å². The van der Waals surface area contributed by atoms with Crippen LogP contribution in [0.3, 0.4) is 0 Å². The van der Waals surface area contributed by atoms with E-state index in [1.165, 1.54) is 0 Å². The van der Waals surface area contributed by atoms with Crippen molar-refractivity contribution < 1.29 is 14.1 Å². The van der Waals surface area contributed by atoms with Crippen LogP contribution in [0.1, 0.15) is 28.7 Å². The number of hydrogen-bond acceptors (Lipinski definition) is 5. The maximum Gasteiger partial charge on any atom is 0.360 e. The van der Waals surface area contributed by atoms with Gasteiger partial charge in [0.2, 0.25) is 0 Å². The lowest BCUT2D eigenvalue weighted by Gasteiger charge is -2.20. The van der Waals surface area contributed by atoms with Gasteiger partial charge in [0.25, 0.3) is 0 Å². The summed E-state index contributed by atoms with van der Waals surface area (Å²) in [6, 6.07) is 0. The van der Waals surface area contributed by atoms with Gasteiger partial charge in [-0.3, -0.25) is 0 Å². The lowest BCUT2D eigenvalue weighted by atomic mass is 10.1. The predicted octanol–water partition coefficient (Wildman–Crippen LogP) is 0.839. The second-order valence-electron chi connectivity index (χ2n) is 3.64. The van der Waals surface area contributed by atoms with Crippen LogP contribution in [-0.4, -0.2) is 36.2 Å². The molecule has 0 amide bonds. The summed E-state index contributed by atoms with van der Waals surface area (Å²) >= 11 is 0. The van der Waals surface area contributed by atoms with E-state index in [9.17, 15) is 4.79 Å². The van der Waals surface area contributed by atoms with E-state index in [0.717, 1.165) is 24.3 Å². The molecule has 5 heteroatoms. The van der Waals surface area contributed by atoms with Crippen molar-refractivity contribution >= 4 is 5.97 Å². The number of hydrogen-bond donors (Lipinski definition) is 0. The Morgan fingerprint density at radius 1 is 1.67 bits per heavy atom. The molecule has 0 unspecified atom stereocenters. The second-order valence-corrected chi connectivity index (χ2v) is 3.64. The average molecular weight is 210 g/mol. The predicted molar refractivity (Wildman–Crippen MR) is 52.5 cm³/mol. The summed E-state index contributed by atoms with van der Waals surface area (Å²) in [5.74, 6) is 0.425. The zero-order valence-corrected chi connectivity index (χ0v) is 8.95. The normalized spacial score (nSPS) is 16.1. The van der Waals surface area contributed by atoms with Gasteiger partial charge in [0.05, 0.1) is 6.61 Å². The molecule has 0 radical (unpaired) electrons. The number of carbonyl (C=O) groups excluding carboxylic acids is 1. The molecule has 82 valence electrons. The van der Waals surface area contributed by atoms with E-state index >= 15 is 0 Å². The molecule has 1 aliphatic heterocycles. The van der Waals surface area contributed by atoms with Crippen LogP contribution in [-0.2, 0) is 17.7 Å². The van der Waals surface area contributed by atoms with Gasteiger partial charge >= 0.3 is 5.97 Å². The number of likely N-dealkylation sites (N-methyl/N-ethyl adjacent to an activating group) is 1. The van der Waals surface area contributed by atoms with Crippen molar-refractivity contribution in [3.63, 3.8) is 0 Å². The molecule has 15 heavy (non-hydrogen) atoms. The molecule has 0 saturated heterocycles. The Morgan fingerprint density at radius 2 is 2.47 bits per heavy atom. The lowest BCUT2D eigenvalue weighted by molar-refractivity contribution is 0.0513.